The maximum Gasteiger partial charge on any atom is 0.310 e. The third-order valence-electron chi connectivity index (χ3n) is 3.27. The molecule has 4 nitrogen and oxygen atoms in total. The van der Waals surface area contributed by atoms with Crippen LogP contribution in [-0.2, 0) is 14.3 Å². The Balaban J connectivity index is 2.81. The van der Waals surface area contributed by atoms with Gasteiger partial charge in [0.05, 0.1) is 13.0 Å². The van der Waals surface area contributed by atoms with E-state index in [2.05, 4.69) is 0 Å². The van der Waals surface area contributed by atoms with Crippen molar-refractivity contribution < 1.29 is 14.3 Å². The van der Waals surface area contributed by atoms with Gasteiger partial charge in [-0.1, -0.05) is 43.1 Å². The molecule has 0 heterocycles. The molecule has 0 fully saturated rings. The average Bonchev–Trinajstić information content (AvgIpc) is 2.52. The summed E-state index contributed by atoms with van der Waals surface area (Å²) in [7, 11) is 1.34. The molecule has 1 aromatic carbocycles. The monoisotopic (exact) mass is 357 g/mol. The predicted molar refractivity (Wildman–Crippen MR) is 93.5 cm³/mol. The fraction of sp³-hybridized carbons (Fsp3) is 0.412. The first-order valence-electron chi connectivity index (χ1n) is 7.38. The van der Waals surface area contributed by atoms with Gasteiger partial charge in [-0.25, -0.2) is 0 Å². The number of benzene rings is 1. The molecule has 0 bridgehead atoms. The lowest BCUT2D eigenvalue weighted by Crippen LogP contribution is -2.36. The molecular weight excluding hydrogens is 337 g/mol. The Morgan fingerprint density at radius 3 is 2.61 bits per heavy atom. The quantitative estimate of drug-likeness (QED) is 0.546. The molecule has 0 N–H and O–H groups in total. The van der Waals surface area contributed by atoms with Gasteiger partial charge in [-0.15, -0.1) is 0 Å². The van der Waals surface area contributed by atoms with E-state index >= 15 is 0 Å². The molecule has 0 spiro atoms. The smallest absolute Gasteiger partial charge is 0.310 e. The summed E-state index contributed by atoms with van der Waals surface area (Å²) in [5.41, 5.74) is 0.710. The van der Waals surface area contributed by atoms with Crippen molar-refractivity contribution in [3.63, 3.8) is 0 Å². The van der Waals surface area contributed by atoms with E-state index in [0.717, 1.165) is 6.42 Å². The fourth-order valence-electron chi connectivity index (χ4n) is 2.07. The summed E-state index contributed by atoms with van der Waals surface area (Å²) in [4.78, 5) is 25.5. The third-order valence-corrected chi connectivity index (χ3v) is 3.83. The molecule has 23 heavy (non-hydrogen) atoms. The first kappa shape index (κ1) is 19.5. The zero-order valence-corrected chi connectivity index (χ0v) is 15.0. The number of halogens is 2. The van der Waals surface area contributed by atoms with Gasteiger partial charge in [0.1, 0.15) is 0 Å². The second-order valence-electron chi connectivity index (χ2n) is 5.21. The van der Waals surface area contributed by atoms with E-state index in [0.29, 0.717) is 28.7 Å². The number of hydrogen-bond donors (Lipinski definition) is 0. The summed E-state index contributed by atoms with van der Waals surface area (Å²) in [5, 5.41) is 1.02. The van der Waals surface area contributed by atoms with Crippen LogP contribution in [0.4, 0.5) is 0 Å². The molecule has 1 atom stereocenters. The van der Waals surface area contributed by atoms with Crippen LogP contribution in [-0.4, -0.2) is 37.0 Å². The highest BCUT2D eigenvalue weighted by Crippen LogP contribution is 2.22. The van der Waals surface area contributed by atoms with Crippen molar-refractivity contribution in [3.8, 4) is 0 Å². The van der Waals surface area contributed by atoms with Gasteiger partial charge in [-0.05, 0) is 30.2 Å². The molecule has 0 aliphatic rings. The van der Waals surface area contributed by atoms with Crippen molar-refractivity contribution in [2.45, 2.75) is 20.3 Å². The van der Waals surface area contributed by atoms with Crippen molar-refractivity contribution in [2.75, 3.05) is 20.2 Å². The van der Waals surface area contributed by atoms with Crippen LogP contribution in [0.2, 0.25) is 10.0 Å². The summed E-state index contributed by atoms with van der Waals surface area (Å²) >= 11 is 11.9. The van der Waals surface area contributed by atoms with E-state index in [1.165, 1.54) is 13.2 Å². The summed E-state index contributed by atoms with van der Waals surface area (Å²) < 4.78 is 4.70. The summed E-state index contributed by atoms with van der Waals surface area (Å²) in [6.45, 7) is 4.60. The number of carbonyl (C=O) groups is 2. The van der Waals surface area contributed by atoms with Crippen molar-refractivity contribution in [2.24, 2.45) is 5.92 Å². The second kappa shape index (κ2) is 9.58. The maximum absolute atomic E-state index is 12.3. The van der Waals surface area contributed by atoms with Gasteiger partial charge in [0.25, 0.3) is 0 Å². The Hall–Kier alpha value is -1.52. The van der Waals surface area contributed by atoms with Gasteiger partial charge in [-0.2, -0.15) is 0 Å². The topological polar surface area (TPSA) is 46.6 Å². The van der Waals surface area contributed by atoms with Crippen LogP contribution in [0.15, 0.2) is 24.3 Å². The van der Waals surface area contributed by atoms with Crippen LogP contribution >= 0.6 is 23.2 Å². The molecule has 1 rings (SSSR count). The highest BCUT2D eigenvalue weighted by atomic mass is 35.5. The molecule has 0 aromatic heterocycles. The molecule has 0 aliphatic heterocycles. The van der Waals surface area contributed by atoms with E-state index in [1.54, 1.807) is 36.1 Å². The van der Waals surface area contributed by atoms with Crippen LogP contribution in [0, 0.1) is 5.92 Å². The van der Waals surface area contributed by atoms with Crippen LogP contribution < -0.4 is 0 Å². The Morgan fingerprint density at radius 1 is 1.35 bits per heavy atom. The minimum absolute atomic E-state index is 0.173. The second-order valence-corrected chi connectivity index (χ2v) is 6.05. The van der Waals surface area contributed by atoms with Gasteiger partial charge in [0.15, 0.2) is 0 Å². The van der Waals surface area contributed by atoms with Gasteiger partial charge < -0.3 is 9.64 Å². The van der Waals surface area contributed by atoms with Crippen LogP contribution in [0.1, 0.15) is 25.8 Å². The largest absolute Gasteiger partial charge is 0.469 e. The Morgan fingerprint density at radius 2 is 2.04 bits per heavy atom. The number of amides is 1. The minimum atomic E-state index is -0.372. The van der Waals surface area contributed by atoms with Crippen LogP contribution in [0.5, 0.6) is 0 Å². The molecule has 6 heteroatoms. The van der Waals surface area contributed by atoms with Crippen LogP contribution in [0.25, 0.3) is 6.08 Å². The fourth-order valence-corrected chi connectivity index (χ4v) is 2.54. The van der Waals surface area contributed by atoms with Gasteiger partial charge in [-0.3, -0.25) is 9.59 Å². The molecule has 1 amide bonds. The standard InChI is InChI=1S/C17H21Cl2NO3/c1-4-9-20(11-12(2)17(22)23-3)16(21)8-6-13-5-7-14(18)10-15(13)19/h5-8,10,12H,4,9,11H2,1-3H3/b8-6+. The van der Waals surface area contributed by atoms with E-state index in [-0.39, 0.29) is 17.8 Å². The highest BCUT2D eigenvalue weighted by Gasteiger charge is 2.19. The number of hydrogen-bond acceptors (Lipinski definition) is 3. The Kier molecular flexibility index (Phi) is 8.13. The lowest BCUT2D eigenvalue weighted by Gasteiger charge is -2.23. The van der Waals surface area contributed by atoms with Crippen molar-refractivity contribution in [1.82, 2.24) is 4.90 Å². The zero-order chi connectivity index (χ0) is 17.4. The lowest BCUT2D eigenvalue weighted by atomic mass is 10.1. The number of nitrogens with zero attached hydrogens (tertiary/aromatic N) is 1. The first-order valence-corrected chi connectivity index (χ1v) is 8.14. The minimum Gasteiger partial charge on any atom is -0.469 e. The number of esters is 1. The molecular formula is C17H21Cl2NO3. The van der Waals surface area contributed by atoms with Gasteiger partial charge in [0, 0.05) is 29.2 Å². The van der Waals surface area contributed by atoms with Gasteiger partial charge in [0.2, 0.25) is 5.91 Å². The highest BCUT2D eigenvalue weighted by molar-refractivity contribution is 6.35. The molecule has 1 aromatic rings. The molecule has 0 aliphatic carbocycles. The van der Waals surface area contributed by atoms with E-state index in [1.807, 2.05) is 6.92 Å². The molecule has 1 unspecified atom stereocenters. The normalized spacial score (nSPS) is 12.2. The number of methoxy groups -OCH3 is 1. The van der Waals surface area contributed by atoms with Crippen LogP contribution in [0.3, 0.4) is 0 Å². The SMILES string of the molecule is CCCN(CC(C)C(=O)OC)C(=O)/C=C/c1ccc(Cl)cc1Cl. The predicted octanol–water partition coefficient (Wildman–Crippen LogP) is 4.05. The van der Waals surface area contributed by atoms with Crippen molar-refractivity contribution in [3.05, 3.63) is 39.9 Å². The van der Waals surface area contributed by atoms with Crippen molar-refractivity contribution >= 4 is 41.2 Å². The Bertz CT molecular complexity index is 587. The van der Waals surface area contributed by atoms with E-state index < -0.39 is 0 Å². The van der Waals surface area contributed by atoms with Gasteiger partial charge >= 0.3 is 5.97 Å². The molecule has 126 valence electrons. The summed E-state index contributed by atoms with van der Waals surface area (Å²) in [5.74, 6) is -0.875. The van der Waals surface area contributed by atoms with E-state index in [4.69, 9.17) is 27.9 Å². The first-order chi connectivity index (χ1) is 10.9. The summed E-state index contributed by atoms with van der Waals surface area (Å²) in [6.07, 6.45) is 3.90. The summed E-state index contributed by atoms with van der Waals surface area (Å²) in [6, 6.07) is 5.08. The van der Waals surface area contributed by atoms with Crippen molar-refractivity contribution in [1.29, 1.82) is 0 Å². The molecule has 0 radical (unpaired) electrons. The lowest BCUT2D eigenvalue weighted by molar-refractivity contribution is -0.146. The number of ether oxygens (including phenoxy) is 1. The zero-order valence-electron chi connectivity index (χ0n) is 13.5. The average molecular weight is 358 g/mol. The number of carbonyl (C=O) groups excluding carboxylic acids is 2. The Labute approximate surface area is 147 Å². The third kappa shape index (κ3) is 6.24. The maximum atomic E-state index is 12.3. The molecule has 0 saturated carbocycles. The number of rotatable bonds is 7. The molecule has 0 saturated heterocycles. The van der Waals surface area contributed by atoms with E-state index in [9.17, 15) is 9.59 Å².